The van der Waals surface area contributed by atoms with Crippen molar-refractivity contribution in [2.75, 3.05) is 13.2 Å². The Morgan fingerprint density at radius 3 is 2.81 bits per heavy atom. The molecule has 4 nitrogen and oxygen atoms in total. The number of esters is 1. The molecule has 1 aromatic carbocycles. The van der Waals surface area contributed by atoms with E-state index in [0.29, 0.717) is 35.2 Å². The zero-order valence-corrected chi connectivity index (χ0v) is 13.3. The zero-order valence-electron chi connectivity index (χ0n) is 11.8. The van der Waals surface area contributed by atoms with Crippen molar-refractivity contribution in [3.8, 4) is 0 Å². The Morgan fingerprint density at radius 2 is 2.14 bits per heavy atom. The van der Waals surface area contributed by atoms with Crippen molar-refractivity contribution in [1.29, 1.82) is 0 Å². The van der Waals surface area contributed by atoms with Gasteiger partial charge in [0, 0.05) is 16.6 Å². The number of ether oxygens (including phenoxy) is 1. The fourth-order valence-electron chi connectivity index (χ4n) is 2.48. The van der Waals surface area contributed by atoms with Crippen LogP contribution in [0.25, 0.3) is 0 Å². The van der Waals surface area contributed by atoms with Crippen molar-refractivity contribution < 1.29 is 14.3 Å². The lowest BCUT2D eigenvalue weighted by atomic mass is 10.1. The van der Waals surface area contributed by atoms with Crippen molar-refractivity contribution in [2.45, 2.75) is 32.2 Å². The van der Waals surface area contributed by atoms with Crippen LogP contribution >= 0.6 is 23.2 Å². The molecule has 2 rings (SSSR count). The van der Waals surface area contributed by atoms with E-state index in [-0.39, 0.29) is 18.3 Å². The van der Waals surface area contributed by atoms with Crippen LogP contribution in [0.2, 0.25) is 10.0 Å². The summed E-state index contributed by atoms with van der Waals surface area (Å²) in [5.41, 5.74) is 0.709. The molecule has 0 aromatic heterocycles. The van der Waals surface area contributed by atoms with Gasteiger partial charge in [0.25, 0.3) is 0 Å². The molecule has 1 amide bonds. The Morgan fingerprint density at radius 1 is 1.38 bits per heavy atom. The van der Waals surface area contributed by atoms with Crippen molar-refractivity contribution in [3.05, 3.63) is 33.8 Å². The third kappa shape index (κ3) is 3.89. The molecule has 1 saturated heterocycles. The molecule has 1 fully saturated rings. The summed E-state index contributed by atoms with van der Waals surface area (Å²) in [6.07, 6.45) is 1.62. The van der Waals surface area contributed by atoms with Crippen LogP contribution in [0.4, 0.5) is 0 Å². The molecule has 0 aliphatic carbocycles. The number of hydrogen-bond acceptors (Lipinski definition) is 3. The van der Waals surface area contributed by atoms with Crippen molar-refractivity contribution in [1.82, 2.24) is 4.90 Å². The average molecular weight is 330 g/mol. The van der Waals surface area contributed by atoms with Crippen LogP contribution in [-0.4, -0.2) is 36.0 Å². The Bertz CT molecular complexity index is 548. The minimum absolute atomic E-state index is 0.116. The molecule has 0 N–H and O–H groups in total. The van der Waals surface area contributed by atoms with Gasteiger partial charge in [0.05, 0.1) is 13.0 Å². The number of rotatable bonds is 4. The lowest BCUT2D eigenvalue weighted by Gasteiger charge is -2.23. The third-order valence-electron chi connectivity index (χ3n) is 3.49. The predicted octanol–water partition coefficient (Wildman–Crippen LogP) is 3.09. The molecule has 6 heteroatoms. The minimum Gasteiger partial charge on any atom is -0.464 e. The van der Waals surface area contributed by atoms with Gasteiger partial charge in [-0.05, 0) is 37.5 Å². The van der Waals surface area contributed by atoms with Crippen LogP contribution in [0.3, 0.4) is 0 Å². The molecule has 1 aliphatic heterocycles. The summed E-state index contributed by atoms with van der Waals surface area (Å²) in [5, 5.41) is 0.990. The van der Waals surface area contributed by atoms with Crippen LogP contribution in [0.5, 0.6) is 0 Å². The first-order chi connectivity index (χ1) is 10.0. The van der Waals surface area contributed by atoms with Gasteiger partial charge < -0.3 is 9.64 Å². The molecule has 1 aromatic rings. The summed E-state index contributed by atoms with van der Waals surface area (Å²) in [6, 6.07) is 4.57. The quantitative estimate of drug-likeness (QED) is 0.797. The maximum Gasteiger partial charge on any atom is 0.328 e. The minimum atomic E-state index is -0.469. The number of likely N-dealkylation sites (tertiary alicyclic amines) is 1. The van der Waals surface area contributed by atoms with Gasteiger partial charge in [-0.1, -0.05) is 29.3 Å². The van der Waals surface area contributed by atoms with Gasteiger partial charge in [-0.15, -0.1) is 0 Å². The smallest absolute Gasteiger partial charge is 0.328 e. The topological polar surface area (TPSA) is 46.6 Å². The third-order valence-corrected chi connectivity index (χ3v) is 4.08. The van der Waals surface area contributed by atoms with Crippen molar-refractivity contribution in [2.24, 2.45) is 0 Å². The second-order valence-electron chi connectivity index (χ2n) is 4.91. The Labute approximate surface area is 134 Å². The Hall–Kier alpha value is -1.26. The number of amides is 1. The molecular formula is C15H17Cl2NO3. The second kappa shape index (κ2) is 7.14. The van der Waals surface area contributed by atoms with Gasteiger partial charge in [0.15, 0.2) is 0 Å². The number of carbonyl (C=O) groups is 2. The highest BCUT2D eigenvalue weighted by molar-refractivity contribution is 6.35. The summed E-state index contributed by atoms with van der Waals surface area (Å²) in [4.78, 5) is 25.8. The van der Waals surface area contributed by atoms with E-state index in [4.69, 9.17) is 27.9 Å². The molecule has 0 spiro atoms. The molecule has 1 atom stereocenters. The molecule has 0 bridgehead atoms. The predicted molar refractivity (Wildman–Crippen MR) is 81.5 cm³/mol. The van der Waals surface area contributed by atoms with Gasteiger partial charge in [-0.25, -0.2) is 4.79 Å². The van der Waals surface area contributed by atoms with Gasteiger partial charge >= 0.3 is 5.97 Å². The number of nitrogens with zero attached hydrogens (tertiary/aromatic N) is 1. The van der Waals surface area contributed by atoms with Gasteiger partial charge in [0.2, 0.25) is 5.91 Å². The molecule has 1 unspecified atom stereocenters. The van der Waals surface area contributed by atoms with Crippen LogP contribution < -0.4 is 0 Å². The zero-order chi connectivity index (χ0) is 15.4. The van der Waals surface area contributed by atoms with E-state index in [1.165, 1.54) is 0 Å². The first-order valence-electron chi connectivity index (χ1n) is 6.93. The van der Waals surface area contributed by atoms with Gasteiger partial charge in [-0.3, -0.25) is 4.79 Å². The summed E-state index contributed by atoms with van der Waals surface area (Å²) in [5.74, 6) is -0.444. The lowest BCUT2D eigenvalue weighted by Crippen LogP contribution is -2.42. The molecule has 114 valence electrons. The summed E-state index contributed by atoms with van der Waals surface area (Å²) < 4.78 is 5.02. The van der Waals surface area contributed by atoms with E-state index >= 15 is 0 Å². The number of hydrogen-bond donors (Lipinski definition) is 0. The van der Waals surface area contributed by atoms with Crippen LogP contribution in [0.1, 0.15) is 25.3 Å². The molecule has 1 aliphatic rings. The lowest BCUT2D eigenvalue weighted by molar-refractivity contribution is -0.152. The number of carbonyl (C=O) groups excluding carboxylic acids is 2. The monoisotopic (exact) mass is 329 g/mol. The fourth-order valence-corrected chi connectivity index (χ4v) is 2.95. The van der Waals surface area contributed by atoms with E-state index in [2.05, 4.69) is 0 Å². The second-order valence-corrected chi connectivity index (χ2v) is 5.75. The Kier molecular flexibility index (Phi) is 5.48. The normalized spacial score (nSPS) is 17.9. The van der Waals surface area contributed by atoms with E-state index in [1.807, 2.05) is 0 Å². The Balaban J connectivity index is 2.06. The van der Waals surface area contributed by atoms with Crippen LogP contribution in [-0.2, 0) is 20.7 Å². The first kappa shape index (κ1) is 16.1. The number of halogens is 2. The summed E-state index contributed by atoms with van der Waals surface area (Å²) >= 11 is 11.9. The highest BCUT2D eigenvalue weighted by Gasteiger charge is 2.35. The summed E-state index contributed by atoms with van der Waals surface area (Å²) in [7, 11) is 0. The van der Waals surface area contributed by atoms with E-state index in [9.17, 15) is 9.59 Å². The average Bonchev–Trinajstić information content (AvgIpc) is 2.91. The van der Waals surface area contributed by atoms with E-state index < -0.39 is 6.04 Å². The fraction of sp³-hybridized carbons (Fsp3) is 0.467. The maximum absolute atomic E-state index is 12.4. The molecular weight excluding hydrogens is 313 g/mol. The standard InChI is InChI=1S/C15H17Cl2NO3/c1-2-21-15(20)13-4-3-7-18(13)14(19)8-10-5-6-11(16)9-12(10)17/h5-6,9,13H,2-4,7-8H2,1H3. The van der Waals surface area contributed by atoms with Gasteiger partial charge in [-0.2, -0.15) is 0 Å². The van der Waals surface area contributed by atoms with E-state index in [0.717, 1.165) is 6.42 Å². The van der Waals surface area contributed by atoms with E-state index in [1.54, 1.807) is 30.0 Å². The molecule has 0 saturated carbocycles. The first-order valence-corrected chi connectivity index (χ1v) is 7.68. The van der Waals surface area contributed by atoms with Crippen LogP contribution in [0, 0.1) is 0 Å². The highest BCUT2D eigenvalue weighted by atomic mass is 35.5. The molecule has 0 radical (unpaired) electrons. The molecule has 21 heavy (non-hydrogen) atoms. The van der Waals surface area contributed by atoms with Gasteiger partial charge in [0.1, 0.15) is 6.04 Å². The van der Waals surface area contributed by atoms with Crippen molar-refractivity contribution >= 4 is 35.1 Å². The van der Waals surface area contributed by atoms with Crippen molar-refractivity contribution in [3.63, 3.8) is 0 Å². The highest BCUT2D eigenvalue weighted by Crippen LogP contribution is 2.24. The molecule has 1 heterocycles. The largest absolute Gasteiger partial charge is 0.464 e. The summed E-state index contributed by atoms with van der Waals surface area (Å²) in [6.45, 7) is 2.65. The van der Waals surface area contributed by atoms with Crippen LogP contribution in [0.15, 0.2) is 18.2 Å². The maximum atomic E-state index is 12.4. The SMILES string of the molecule is CCOC(=O)C1CCCN1C(=O)Cc1ccc(Cl)cc1Cl. The number of benzene rings is 1.